The first kappa shape index (κ1) is 15.1. The molecule has 4 heteroatoms. The number of alkyl halides is 1. The van der Waals surface area contributed by atoms with E-state index in [2.05, 4.69) is 4.90 Å². The molecule has 0 aliphatic carbocycles. The minimum Gasteiger partial charge on any atom is -0.488 e. The molecule has 0 N–H and O–H groups in total. The molecule has 0 bridgehead atoms. The van der Waals surface area contributed by atoms with E-state index in [9.17, 15) is 4.39 Å². The predicted octanol–water partition coefficient (Wildman–Crippen LogP) is 3.29. The molecule has 1 fully saturated rings. The van der Waals surface area contributed by atoms with Crippen molar-refractivity contribution >= 4 is 0 Å². The number of likely N-dealkylation sites (tertiary alicyclic amines) is 1. The molecule has 2 rings (SSSR count). The number of hydrogen-bond donors (Lipinski definition) is 0. The van der Waals surface area contributed by atoms with Crippen molar-refractivity contribution in [1.82, 2.24) is 4.90 Å². The van der Waals surface area contributed by atoms with Gasteiger partial charge in [-0.3, -0.25) is 9.29 Å². The Hall–Kier alpha value is -1.29. The van der Waals surface area contributed by atoms with Crippen molar-refractivity contribution in [3.63, 3.8) is 0 Å². The first-order valence-electron chi connectivity index (χ1n) is 7.20. The highest BCUT2D eigenvalue weighted by Gasteiger charge is 2.27. The zero-order valence-electron chi connectivity index (χ0n) is 12.6. The Kier molecular flexibility index (Phi) is 4.86. The van der Waals surface area contributed by atoms with E-state index in [4.69, 9.17) is 9.47 Å². The van der Waals surface area contributed by atoms with E-state index >= 15 is 0 Å². The lowest BCUT2D eigenvalue weighted by atomic mass is 10.1. The molecule has 1 aromatic carbocycles. The molecular weight excluding hydrogens is 257 g/mol. The maximum absolute atomic E-state index is 12.0. The maximum atomic E-state index is 12.0. The Labute approximate surface area is 120 Å². The van der Waals surface area contributed by atoms with Gasteiger partial charge >= 0.3 is 0 Å². The van der Waals surface area contributed by atoms with Crippen molar-refractivity contribution in [2.24, 2.45) is 0 Å². The van der Waals surface area contributed by atoms with Gasteiger partial charge in [0.25, 0.3) is 0 Å². The Morgan fingerprint density at radius 3 is 2.30 bits per heavy atom. The normalized spacial score (nSPS) is 16.8. The van der Waals surface area contributed by atoms with E-state index < -0.39 is 0 Å². The molecule has 0 atom stereocenters. The average molecular weight is 281 g/mol. The smallest absolute Gasteiger partial charge is 0.124 e. The Balaban J connectivity index is 1.75. The topological polar surface area (TPSA) is 21.7 Å². The summed E-state index contributed by atoms with van der Waals surface area (Å²) in [6, 6.07) is 7.73. The Bertz CT molecular complexity index is 407. The highest BCUT2D eigenvalue weighted by atomic mass is 19.1. The molecular formula is C16H24FNO2. The van der Waals surface area contributed by atoms with Gasteiger partial charge in [0.2, 0.25) is 0 Å². The molecule has 1 aliphatic rings. The maximum Gasteiger partial charge on any atom is 0.124 e. The number of benzene rings is 1. The summed E-state index contributed by atoms with van der Waals surface area (Å²) in [5.41, 5.74) is -0.187. The van der Waals surface area contributed by atoms with Crippen molar-refractivity contribution in [3.8, 4) is 11.5 Å². The molecule has 1 aromatic rings. The van der Waals surface area contributed by atoms with Crippen molar-refractivity contribution in [2.75, 3.05) is 26.3 Å². The fraction of sp³-hybridized carbons (Fsp3) is 0.625. The summed E-state index contributed by atoms with van der Waals surface area (Å²) >= 11 is 0. The Morgan fingerprint density at radius 1 is 1.15 bits per heavy atom. The fourth-order valence-corrected chi connectivity index (χ4v) is 2.20. The molecule has 0 unspecified atom stereocenters. The summed E-state index contributed by atoms with van der Waals surface area (Å²) in [6.45, 7) is 8.44. The zero-order chi connectivity index (χ0) is 14.6. The van der Waals surface area contributed by atoms with Crippen LogP contribution in [0.4, 0.5) is 4.39 Å². The third-order valence-corrected chi connectivity index (χ3v) is 3.08. The second kappa shape index (κ2) is 6.44. The van der Waals surface area contributed by atoms with E-state index in [1.807, 2.05) is 45.0 Å². The number of nitrogens with zero attached hydrogens (tertiary/aromatic N) is 1. The van der Waals surface area contributed by atoms with Crippen LogP contribution < -0.4 is 9.47 Å². The first-order valence-corrected chi connectivity index (χ1v) is 7.20. The second-order valence-corrected chi connectivity index (χ2v) is 6.23. The average Bonchev–Trinajstić information content (AvgIpc) is 2.32. The SMILES string of the molecule is CC(C)(C)Oc1ccc(OC2CN(CCCF)C2)cc1. The van der Waals surface area contributed by atoms with Gasteiger partial charge in [-0.1, -0.05) is 0 Å². The predicted molar refractivity (Wildman–Crippen MR) is 78.3 cm³/mol. The van der Waals surface area contributed by atoms with Crippen LogP contribution in [-0.2, 0) is 0 Å². The second-order valence-electron chi connectivity index (χ2n) is 6.23. The molecule has 1 aliphatic heterocycles. The summed E-state index contributed by atoms with van der Waals surface area (Å²) in [7, 11) is 0. The first-order chi connectivity index (χ1) is 9.46. The number of ether oxygens (including phenoxy) is 2. The van der Waals surface area contributed by atoms with Crippen LogP contribution in [0.1, 0.15) is 27.2 Å². The van der Waals surface area contributed by atoms with Gasteiger partial charge in [-0.2, -0.15) is 0 Å². The molecule has 1 heterocycles. The van der Waals surface area contributed by atoms with Crippen LogP contribution >= 0.6 is 0 Å². The zero-order valence-corrected chi connectivity index (χ0v) is 12.6. The van der Waals surface area contributed by atoms with Gasteiger partial charge in [-0.05, 0) is 51.5 Å². The van der Waals surface area contributed by atoms with Gasteiger partial charge < -0.3 is 9.47 Å². The lowest BCUT2D eigenvalue weighted by molar-refractivity contribution is 0.0183. The highest BCUT2D eigenvalue weighted by molar-refractivity contribution is 5.32. The van der Waals surface area contributed by atoms with Crippen molar-refractivity contribution in [2.45, 2.75) is 38.9 Å². The van der Waals surface area contributed by atoms with E-state index in [-0.39, 0.29) is 18.4 Å². The lowest BCUT2D eigenvalue weighted by Gasteiger charge is -2.38. The van der Waals surface area contributed by atoms with Crippen LogP contribution in [-0.4, -0.2) is 42.9 Å². The number of hydrogen-bond acceptors (Lipinski definition) is 3. The van der Waals surface area contributed by atoms with Crippen LogP contribution in [0.2, 0.25) is 0 Å². The minimum atomic E-state index is -0.239. The molecule has 112 valence electrons. The molecule has 0 aromatic heterocycles. The summed E-state index contributed by atoms with van der Waals surface area (Å²) in [5.74, 6) is 1.71. The van der Waals surface area contributed by atoms with Crippen molar-refractivity contribution < 1.29 is 13.9 Å². The van der Waals surface area contributed by atoms with Gasteiger partial charge in [0.05, 0.1) is 6.67 Å². The quantitative estimate of drug-likeness (QED) is 0.798. The standard InChI is InChI=1S/C16H24FNO2/c1-16(2,3)20-14-7-5-13(6-8-14)19-15-11-18(12-15)10-4-9-17/h5-8,15H,4,9-12H2,1-3H3. The van der Waals surface area contributed by atoms with Crippen LogP contribution in [0.5, 0.6) is 11.5 Å². The number of rotatable bonds is 6. The molecule has 0 spiro atoms. The van der Waals surface area contributed by atoms with E-state index in [0.29, 0.717) is 6.42 Å². The molecule has 0 radical (unpaired) electrons. The monoisotopic (exact) mass is 281 g/mol. The molecule has 0 amide bonds. The van der Waals surface area contributed by atoms with Gasteiger partial charge in [0, 0.05) is 19.6 Å². The molecule has 3 nitrogen and oxygen atoms in total. The summed E-state index contributed by atoms with van der Waals surface area (Å²) in [4.78, 5) is 2.21. The third kappa shape index (κ3) is 4.67. The summed E-state index contributed by atoms with van der Waals surface area (Å²) < 4.78 is 23.7. The van der Waals surface area contributed by atoms with Gasteiger partial charge in [-0.15, -0.1) is 0 Å². The van der Waals surface area contributed by atoms with E-state index in [1.165, 1.54) is 0 Å². The van der Waals surface area contributed by atoms with E-state index in [0.717, 1.165) is 31.1 Å². The van der Waals surface area contributed by atoms with Crippen molar-refractivity contribution in [1.29, 1.82) is 0 Å². The van der Waals surface area contributed by atoms with Gasteiger partial charge in [-0.25, -0.2) is 0 Å². The van der Waals surface area contributed by atoms with Crippen LogP contribution in [0.3, 0.4) is 0 Å². The largest absolute Gasteiger partial charge is 0.488 e. The lowest BCUT2D eigenvalue weighted by Crippen LogP contribution is -2.53. The van der Waals surface area contributed by atoms with Crippen LogP contribution in [0.25, 0.3) is 0 Å². The molecule has 20 heavy (non-hydrogen) atoms. The summed E-state index contributed by atoms with van der Waals surface area (Å²) in [5, 5.41) is 0. The van der Waals surface area contributed by atoms with E-state index in [1.54, 1.807) is 0 Å². The van der Waals surface area contributed by atoms with Crippen LogP contribution in [0.15, 0.2) is 24.3 Å². The third-order valence-electron chi connectivity index (χ3n) is 3.08. The van der Waals surface area contributed by atoms with Crippen LogP contribution in [0, 0.1) is 0 Å². The van der Waals surface area contributed by atoms with Crippen molar-refractivity contribution in [3.05, 3.63) is 24.3 Å². The Morgan fingerprint density at radius 2 is 1.75 bits per heavy atom. The highest BCUT2D eigenvalue weighted by Crippen LogP contribution is 2.23. The van der Waals surface area contributed by atoms with Gasteiger partial charge in [0.15, 0.2) is 0 Å². The fourth-order valence-electron chi connectivity index (χ4n) is 2.20. The summed E-state index contributed by atoms with van der Waals surface area (Å²) in [6.07, 6.45) is 0.843. The minimum absolute atomic E-state index is 0.187. The number of halogens is 1. The molecule has 0 saturated carbocycles. The van der Waals surface area contributed by atoms with Gasteiger partial charge in [0.1, 0.15) is 23.2 Å². The molecule has 1 saturated heterocycles.